The molecule has 0 aliphatic heterocycles. The van der Waals surface area contributed by atoms with Gasteiger partial charge in [-0.2, -0.15) is 0 Å². The van der Waals surface area contributed by atoms with Crippen LogP contribution in [0.1, 0.15) is 5.56 Å². The molecule has 2 aromatic heterocycles. The molecule has 0 saturated heterocycles. The molecule has 14 heteroatoms. The molecular weight excluding hydrogens is 514 g/mol. The molecule has 11 nitrogen and oxygen atoms in total. The maximum Gasteiger partial charge on any atom is 0.360 e. The highest BCUT2D eigenvalue weighted by atomic mass is 32.1. The highest BCUT2D eigenvalue weighted by Gasteiger charge is 2.44. The van der Waals surface area contributed by atoms with Gasteiger partial charge in [0.15, 0.2) is 5.82 Å². The lowest BCUT2D eigenvalue weighted by atomic mass is 10.1. The molecule has 2 aromatic carbocycles. The summed E-state index contributed by atoms with van der Waals surface area (Å²) < 4.78 is 23.5. The van der Waals surface area contributed by atoms with Crippen LogP contribution >= 0.6 is 26.5 Å². The molecule has 4 rings (SSSR count). The van der Waals surface area contributed by atoms with Crippen LogP contribution in [-0.2, 0) is 20.3 Å². The molecule has 0 unspecified atom stereocenters. The van der Waals surface area contributed by atoms with E-state index in [1.54, 1.807) is 35.7 Å². The van der Waals surface area contributed by atoms with Gasteiger partial charge in [-0.15, -0.1) is 11.3 Å². The molecule has 0 bridgehead atoms. The first-order valence-electron chi connectivity index (χ1n) is 10.1. The summed E-state index contributed by atoms with van der Waals surface area (Å²) in [7, 11) is -10.5. The van der Waals surface area contributed by atoms with E-state index in [0.29, 0.717) is 21.5 Å². The normalized spacial score (nSPS) is 12.1. The van der Waals surface area contributed by atoms with Crippen molar-refractivity contribution in [3.8, 4) is 11.4 Å². The average Bonchev–Trinajstić information content (AvgIpc) is 3.25. The molecule has 1 amide bonds. The second-order valence-corrected chi connectivity index (χ2v) is 12.2. The van der Waals surface area contributed by atoms with Crippen LogP contribution in [0, 0.1) is 0 Å². The van der Waals surface area contributed by atoms with Crippen molar-refractivity contribution in [2.75, 3.05) is 10.6 Å². The van der Waals surface area contributed by atoms with Gasteiger partial charge in [0, 0.05) is 11.3 Å². The van der Waals surface area contributed by atoms with Crippen molar-refractivity contribution in [2.45, 2.75) is 11.9 Å². The van der Waals surface area contributed by atoms with Crippen LogP contribution in [-0.4, -0.2) is 41.0 Å². The van der Waals surface area contributed by atoms with Gasteiger partial charge in [-0.1, -0.05) is 42.5 Å². The van der Waals surface area contributed by atoms with E-state index in [-0.39, 0.29) is 24.0 Å². The largest absolute Gasteiger partial charge is 0.360 e. The molecule has 35 heavy (non-hydrogen) atoms. The summed E-state index contributed by atoms with van der Waals surface area (Å²) in [5, 5.41) is 7.05. The molecule has 0 atom stereocenters. The Kier molecular flexibility index (Phi) is 7.16. The number of carbonyl (C=O) groups is 1. The average molecular weight is 534 g/mol. The van der Waals surface area contributed by atoms with Gasteiger partial charge in [-0.3, -0.25) is 13.9 Å². The Labute approximate surface area is 203 Å². The Bertz CT molecular complexity index is 1450. The van der Waals surface area contributed by atoms with Crippen LogP contribution in [0.2, 0.25) is 0 Å². The summed E-state index contributed by atoms with van der Waals surface area (Å²) >= 11 is 1.22. The van der Waals surface area contributed by atoms with Gasteiger partial charge < -0.3 is 30.2 Å². The second-order valence-electron chi connectivity index (χ2n) is 7.52. The van der Waals surface area contributed by atoms with E-state index < -0.39 is 20.7 Å². The minimum absolute atomic E-state index is 0.136. The summed E-state index contributed by atoms with van der Waals surface area (Å²) in [5.41, 5.74) is -0.654. The number of hydrogen-bond donors (Lipinski definition) is 6. The number of rotatable bonds is 8. The molecule has 0 radical (unpaired) electrons. The van der Waals surface area contributed by atoms with E-state index in [0.717, 1.165) is 5.56 Å². The minimum atomic E-state index is -5.24. The number of amides is 1. The summed E-state index contributed by atoms with van der Waals surface area (Å²) in [6.07, 6.45) is 0.183. The van der Waals surface area contributed by atoms with Gasteiger partial charge in [0.2, 0.25) is 11.4 Å². The van der Waals surface area contributed by atoms with Gasteiger partial charge in [0.1, 0.15) is 10.6 Å². The first-order chi connectivity index (χ1) is 16.5. The van der Waals surface area contributed by atoms with Crippen LogP contribution in [0.5, 0.6) is 0 Å². The number of fused-ring (bicyclic) bond motifs is 1. The predicted molar refractivity (Wildman–Crippen MR) is 133 cm³/mol. The number of carbonyl (C=O) groups excluding carboxylic acids is 1. The maximum absolute atomic E-state index is 12.4. The summed E-state index contributed by atoms with van der Waals surface area (Å²) in [6.45, 7) is 0. The van der Waals surface area contributed by atoms with Crippen molar-refractivity contribution >= 4 is 54.2 Å². The second kappa shape index (κ2) is 9.96. The van der Waals surface area contributed by atoms with Gasteiger partial charge in [-0.25, -0.2) is 9.97 Å². The lowest BCUT2D eigenvalue weighted by molar-refractivity contribution is -0.115. The lowest BCUT2D eigenvalue weighted by Gasteiger charge is -2.21. The minimum Gasteiger partial charge on any atom is -0.346 e. The zero-order valence-corrected chi connectivity index (χ0v) is 20.5. The highest BCUT2D eigenvalue weighted by Crippen LogP contribution is 2.59. The van der Waals surface area contributed by atoms with Gasteiger partial charge in [-0.05, 0) is 29.1 Å². The zero-order chi connectivity index (χ0) is 25.2. The van der Waals surface area contributed by atoms with Crippen LogP contribution in [0.15, 0.2) is 66.0 Å². The summed E-state index contributed by atoms with van der Waals surface area (Å²) in [6, 6.07) is 17.5. The smallest absolute Gasteiger partial charge is 0.346 e. The van der Waals surface area contributed by atoms with E-state index in [1.807, 2.05) is 30.3 Å². The topological polar surface area (TPSA) is 182 Å². The fraction of sp³-hybridized carbons (Fsp3) is 0.0952. The number of benzene rings is 2. The Morgan fingerprint density at radius 2 is 1.66 bits per heavy atom. The molecule has 182 valence electrons. The molecule has 6 N–H and O–H groups in total. The first kappa shape index (κ1) is 25.2. The molecule has 0 aliphatic carbocycles. The maximum atomic E-state index is 12.4. The highest BCUT2D eigenvalue weighted by molar-refractivity contribution is 7.71. The zero-order valence-electron chi connectivity index (χ0n) is 17.8. The Balaban J connectivity index is 1.65. The van der Waals surface area contributed by atoms with Crippen molar-refractivity contribution in [3.63, 3.8) is 0 Å². The number of hydrogen-bond acceptors (Lipinski definition) is 7. The van der Waals surface area contributed by atoms with Gasteiger partial charge in [0.25, 0.3) is 0 Å². The molecule has 4 aromatic rings. The summed E-state index contributed by atoms with van der Waals surface area (Å²) in [5.74, 6) is -0.227. The third-order valence-electron chi connectivity index (χ3n) is 4.84. The van der Waals surface area contributed by atoms with Gasteiger partial charge >= 0.3 is 15.2 Å². The van der Waals surface area contributed by atoms with E-state index in [2.05, 4.69) is 20.6 Å². The van der Waals surface area contributed by atoms with E-state index in [9.17, 15) is 33.5 Å². The van der Waals surface area contributed by atoms with Crippen LogP contribution < -0.4 is 10.6 Å². The van der Waals surface area contributed by atoms with Crippen LogP contribution in [0.25, 0.3) is 21.6 Å². The predicted octanol–water partition coefficient (Wildman–Crippen LogP) is 3.59. The van der Waals surface area contributed by atoms with Crippen LogP contribution in [0.3, 0.4) is 0 Å². The molecule has 0 aliphatic rings. The van der Waals surface area contributed by atoms with E-state index in [1.165, 1.54) is 11.3 Å². The first-order valence-corrected chi connectivity index (χ1v) is 14.3. The Hall–Kier alpha value is -2.95. The summed E-state index contributed by atoms with van der Waals surface area (Å²) in [4.78, 5) is 59.5. The third kappa shape index (κ3) is 6.19. The number of nitrogens with zero attached hydrogens (tertiary/aromatic N) is 2. The van der Waals surface area contributed by atoms with Crippen molar-refractivity contribution in [3.05, 3.63) is 71.6 Å². The standard InChI is InChI=1S/C21H20N4O7P2S/c26-17(11-13-5-2-1-3-6-13)22-15-8-4-7-14(12-15)18-23-19(16-9-10-35-20(16)24-18)25-21(33(27,28)29)34(30,31)32/h1-10,12,21H,11H2,(H,22,26)(H,23,24,25)(H2,27,28,29)(H2,30,31,32). The Morgan fingerprint density at radius 1 is 0.943 bits per heavy atom. The monoisotopic (exact) mass is 534 g/mol. The fourth-order valence-corrected chi connectivity index (χ4v) is 6.22. The number of anilines is 2. The number of thiophene rings is 1. The van der Waals surface area contributed by atoms with Crippen molar-refractivity contribution < 1.29 is 33.5 Å². The van der Waals surface area contributed by atoms with Crippen LogP contribution in [0.4, 0.5) is 11.5 Å². The fourth-order valence-electron chi connectivity index (χ4n) is 3.30. The Morgan fingerprint density at radius 3 is 2.34 bits per heavy atom. The van der Waals surface area contributed by atoms with E-state index >= 15 is 0 Å². The number of aromatic nitrogens is 2. The van der Waals surface area contributed by atoms with Crippen molar-refractivity contribution in [1.29, 1.82) is 0 Å². The number of nitrogens with one attached hydrogen (secondary N) is 2. The molecule has 0 fully saturated rings. The molecule has 2 heterocycles. The van der Waals surface area contributed by atoms with Crippen molar-refractivity contribution in [2.24, 2.45) is 0 Å². The SMILES string of the molecule is O=C(Cc1ccccc1)Nc1cccc(-c2nc(NC(P(=O)(O)O)P(=O)(O)O)c3ccsc3n2)c1. The van der Waals surface area contributed by atoms with Crippen molar-refractivity contribution in [1.82, 2.24) is 9.97 Å². The quantitative estimate of drug-likeness (QED) is 0.183. The lowest BCUT2D eigenvalue weighted by Crippen LogP contribution is -2.21. The molecule has 0 saturated carbocycles. The molecular formula is C21H20N4O7P2S. The third-order valence-corrected chi connectivity index (χ3v) is 8.98. The molecule has 0 spiro atoms. The van der Waals surface area contributed by atoms with E-state index in [4.69, 9.17) is 0 Å². The van der Waals surface area contributed by atoms with Gasteiger partial charge in [0.05, 0.1) is 11.8 Å².